The van der Waals surface area contributed by atoms with E-state index in [1.165, 1.54) is 6.07 Å². The Morgan fingerprint density at radius 2 is 1.39 bits per heavy atom. The standard InChI is InChI=1S/C16H15F5OS/c1-12-4-2-5-13(8-12)9-15(22)10-14-6-3-7-16(11-14)23(17,18,19,20)21/h2-8,11H,9-10H2,1H3. The van der Waals surface area contributed by atoms with Gasteiger partial charge in [0, 0.05) is 12.8 Å². The van der Waals surface area contributed by atoms with Crippen molar-refractivity contribution < 1.29 is 24.2 Å². The summed E-state index contributed by atoms with van der Waals surface area (Å²) >= 11 is 0. The van der Waals surface area contributed by atoms with E-state index in [2.05, 4.69) is 0 Å². The summed E-state index contributed by atoms with van der Waals surface area (Å²) in [6.07, 6.45) is -0.280. The molecular formula is C16H15F5OS. The van der Waals surface area contributed by atoms with Crippen LogP contribution in [0.4, 0.5) is 19.4 Å². The molecule has 0 saturated carbocycles. The smallest absolute Gasteiger partial charge is 0.299 e. The predicted octanol–water partition coefficient (Wildman–Crippen LogP) is 6.01. The molecule has 0 amide bonds. The number of halogens is 5. The van der Waals surface area contributed by atoms with E-state index >= 15 is 0 Å². The van der Waals surface area contributed by atoms with E-state index < -0.39 is 15.1 Å². The number of hydrogen-bond acceptors (Lipinski definition) is 1. The SMILES string of the molecule is Cc1cccc(CC(=O)Cc2cccc(S(F)(F)(F)(F)F)c2)c1. The molecule has 0 N–H and O–H groups in total. The van der Waals surface area contributed by atoms with Crippen molar-refractivity contribution in [1.82, 2.24) is 0 Å². The number of carbonyl (C=O) groups is 1. The van der Waals surface area contributed by atoms with Gasteiger partial charge >= 0.3 is 10.2 Å². The van der Waals surface area contributed by atoms with E-state index in [1.807, 2.05) is 13.0 Å². The first-order chi connectivity index (χ1) is 10.3. The van der Waals surface area contributed by atoms with Crippen LogP contribution < -0.4 is 0 Å². The molecule has 1 nitrogen and oxygen atoms in total. The van der Waals surface area contributed by atoms with Crippen LogP contribution in [0.3, 0.4) is 0 Å². The molecule has 0 radical (unpaired) electrons. The zero-order chi connectivity index (χ0) is 17.4. The summed E-state index contributed by atoms with van der Waals surface area (Å²) in [5.41, 5.74) is 1.62. The van der Waals surface area contributed by atoms with Gasteiger partial charge in [-0.3, -0.25) is 4.79 Å². The van der Waals surface area contributed by atoms with E-state index in [4.69, 9.17) is 0 Å². The molecule has 23 heavy (non-hydrogen) atoms. The lowest BCUT2D eigenvalue weighted by Crippen LogP contribution is -2.09. The van der Waals surface area contributed by atoms with Crippen molar-refractivity contribution in [2.45, 2.75) is 24.7 Å². The lowest BCUT2D eigenvalue weighted by atomic mass is 10.0. The molecule has 2 aromatic rings. The molecule has 0 atom stereocenters. The second-order valence-electron chi connectivity index (χ2n) is 5.50. The Balaban J connectivity index is 2.17. The summed E-state index contributed by atoms with van der Waals surface area (Å²) in [6.45, 7) is 1.85. The number of ketones is 1. The molecule has 2 rings (SSSR count). The summed E-state index contributed by atoms with van der Waals surface area (Å²) in [5.74, 6) is -0.338. The van der Waals surface area contributed by atoms with Crippen molar-refractivity contribution in [3.05, 3.63) is 65.2 Å². The van der Waals surface area contributed by atoms with Gasteiger partial charge in [-0.15, -0.1) is 0 Å². The average Bonchev–Trinajstić information content (AvgIpc) is 2.36. The van der Waals surface area contributed by atoms with Crippen molar-refractivity contribution >= 4 is 16.0 Å². The maximum absolute atomic E-state index is 12.8. The third-order valence-electron chi connectivity index (χ3n) is 3.23. The molecule has 2 aromatic carbocycles. The van der Waals surface area contributed by atoms with Crippen LogP contribution in [0.25, 0.3) is 0 Å². The number of Topliss-reactive ketones (excluding diaryl/α,β-unsaturated/α-hetero) is 1. The Kier molecular flexibility index (Phi) is 3.84. The van der Waals surface area contributed by atoms with Crippen molar-refractivity contribution in [3.8, 4) is 0 Å². The second kappa shape index (κ2) is 5.06. The number of carbonyl (C=O) groups excluding carboxylic acids is 1. The van der Waals surface area contributed by atoms with E-state index in [0.29, 0.717) is 12.1 Å². The summed E-state index contributed by atoms with van der Waals surface area (Å²) < 4.78 is 63.9. The Morgan fingerprint density at radius 3 is 1.91 bits per heavy atom. The Hall–Kier alpha value is -1.89. The fourth-order valence-corrected chi connectivity index (χ4v) is 2.95. The van der Waals surface area contributed by atoms with Crippen LogP contribution >= 0.6 is 10.2 Å². The number of aryl methyl sites for hydroxylation is 1. The maximum atomic E-state index is 12.8. The van der Waals surface area contributed by atoms with Crippen LogP contribution in [0.15, 0.2) is 53.4 Å². The minimum atomic E-state index is -9.72. The molecule has 0 aromatic heterocycles. The minimum Gasteiger partial charge on any atom is -0.299 e. The molecule has 0 spiro atoms. The third-order valence-corrected chi connectivity index (χ3v) is 4.37. The molecule has 7 heteroatoms. The predicted molar refractivity (Wildman–Crippen MR) is 81.4 cm³/mol. The van der Waals surface area contributed by atoms with Crippen molar-refractivity contribution in [3.63, 3.8) is 0 Å². The fourth-order valence-electron chi connectivity index (χ4n) is 2.24. The number of hydrogen-bond donors (Lipinski definition) is 0. The van der Waals surface area contributed by atoms with Crippen molar-refractivity contribution in [2.75, 3.05) is 0 Å². The summed E-state index contributed by atoms with van der Waals surface area (Å²) in [5, 5.41) is 0. The highest BCUT2D eigenvalue weighted by molar-refractivity contribution is 8.45. The van der Waals surface area contributed by atoms with Crippen LogP contribution in [0, 0.1) is 6.92 Å². The molecule has 0 aliphatic carbocycles. The molecule has 0 aliphatic rings. The van der Waals surface area contributed by atoms with Gasteiger partial charge in [0.2, 0.25) is 0 Å². The first-order valence-corrected chi connectivity index (χ1v) is 8.69. The van der Waals surface area contributed by atoms with Gasteiger partial charge in [0.1, 0.15) is 10.7 Å². The van der Waals surface area contributed by atoms with Crippen LogP contribution in [-0.2, 0) is 17.6 Å². The summed E-state index contributed by atoms with van der Waals surface area (Å²) in [4.78, 5) is 9.99. The van der Waals surface area contributed by atoms with Gasteiger partial charge in [-0.2, -0.15) is 0 Å². The first-order valence-electron chi connectivity index (χ1n) is 6.74. The Bertz CT molecular complexity index is 753. The maximum Gasteiger partial charge on any atom is 0.310 e. The number of rotatable bonds is 5. The van der Waals surface area contributed by atoms with Crippen LogP contribution in [0.5, 0.6) is 0 Å². The molecule has 0 unspecified atom stereocenters. The number of benzene rings is 2. The van der Waals surface area contributed by atoms with E-state index in [-0.39, 0.29) is 24.2 Å². The highest BCUT2D eigenvalue weighted by Crippen LogP contribution is 3.02. The summed E-state index contributed by atoms with van der Waals surface area (Å²) in [6, 6.07) is 9.97. The zero-order valence-electron chi connectivity index (χ0n) is 12.2. The quantitative estimate of drug-likeness (QED) is 0.604. The van der Waals surface area contributed by atoms with Gasteiger partial charge < -0.3 is 0 Å². The topological polar surface area (TPSA) is 17.1 Å². The van der Waals surface area contributed by atoms with Gasteiger partial charge in [0.15, 0.2) is 0 Å². The van der Waals surface area contributed by atoms with Gasteiger partial charge in [0.05, 0.1) is 0 Å². The van der Waals surface area contributed by atoms with Gasteiger partial charge in [-0.1, -0.05) is 61.4 Å². The van der Waals surface area contributed by atoms with E-state index in [1.54, 1.807) is 18.2 Å². The Labute approximate surface area is 130 Å². The average molecular weight is 350 g/mol. The fraction of sp³-hybridized carbons (Fsp3) is 0.188. The normalized spacial score (nSPS) is 14.9. The molecule has 0 saturated heterocycles. The molecule has 126 valence electrons. The Morgan fingerprint density at radius 1 is 0.870 bits per heavy atom. The minimum absolute atomic E-state index is 0.0440. The summed E-state index contributed by atoms with van der Waals surface area (Å²) in [7, 11) is -9.72. The third kappa shape index (κ3) is 5.06. The van der Waals surface area contributed by atoms with Crippen LogP contribution in [0.1, 0.15) is 16.7 Å². The van der Waals surface area contributed by atoms with E-state index in [0.717, 1.165) is 17.2 Å². The van der Waals surface area contributed by atoms with Gasteiger partial charge in [-0.05, 0) is 30.2 Å². The lowest BCUT2D eigenvalue weighted by Gasteiger charge is -2.40. The highest BCUT2D eigenvalue weighted by Gasteiger charge is 2.65. The molecule has 0 bridgehead atoms. The van der Waals surface area contributed by atoms with Gasteiger partial charge in [0.25, 0.3) is 0 Å². The second-order valence-corrected chi connectivity index (χ2v) is 7.91. The van der Waals surface area contributed by atoms with Crippen molar-refractivity contribution in [1.29, 1.82) is 0 Å². The highest BCUT2D eigenvalue weighted by atomic mass is 32.5. The first kappa shape index (κ1) is 17.5. The van der Waals surface area contributed by atoms with Crippen molar-refractivity contribution in [2.24, 2.45) is 0 Å². The largest absolute Gasteiger partial charge is 0.310 e. The molecular weight excluding hydrogens is 335 g/mol. The molecule has 0 heterocycles. The van der Waals surface area contributed by atoms with Crippen LogP contribution in [0.2, 0.25) is 0 Å². The lowest BCUT2D eigenvalue weighted by molar-refractivity contribution is -0.117. The van der Waals surface area contributed by atoms with E-state index in [9.17, 15) is 24.2 Å². The zero-order valence-corrected chi connectivity index (χ0v) is 13.1. The monoisotopic (exact) mass is 350 g/mol. The van der Waals surface area contributed by atoms with Crippen LogP contribution in [-0.4, -0.2) is 5.78 Å². The van der Waals surface area contributed by atoms with Gasteiger partial charge in [-0.25, -0.2) is 0 Å². The molecule has 0 aliphatic heterocycles. The molecule has 0 fully saturated rings.